The van der Waals surface area contributed by atoms with E-state index in [-0.39, 0.29) is 11.1 Å². The molecule has 0 amide bonds. The molecule has 0 bridgehead atoms. The molecule has 2 N–H and O–H groups in total. The van der Waals surface area contributed by atoms with Gasteiger partial charge in [0.15, 0.2) is 0 Å². The van der Waals surface area contributed by atoms with Crippen LogP contribution in [0.2, 0.25) is 0 Å². The van der Waals surface area contributed by atoms with Crippen LogP contribution in [-0.4, -0.2) is 34.7 Å². The fourth-order valence-electron chi connectivity index (χ4n) is 1.48. The van der Waals surface area contributed by atoms with Gasteiger partial charge >= 0.3 is 5.97 Å². The molecule has 0 spiro atoms. The summed E-state index contributed by atoms with van der Waals surface area (Å²) in [5.74, 6) is -1.57. The van der Waals surface area contributed by atoms with Gasteiger partial charge in [-0.15, -0.1) is 0 Å². The predicted octanol–water partition coefficient (Wildman–Crippen LogP) is 1.79. The Morgan fingerprint density at radius 2 is 2.17 bits per heavy atom. The number of alkyl halides is 1. The van der Waals surface area contributed by atoms with Crippen LogP contribution in [0.5, 0.6) is 0 Å². The van der Waals surface area contributed by atoms with E-state index >= 15 is 0 Å². The summed E-state index contributed by atoms with van der Waals surface area (Å²) in [5, 5.41) is 19.9. The van der Waals surface area contributed by atoms with Crippen molar-refractivity contribution in [1.82, 2.24) is 0 Å². The summed E-state index contributed by atoms with van der Waals surface area (Å²) in [5.41, 5.74) is 0.0111. The molecule has 1 rings (SSSR count). The van der Waals surface area contributed by atoms with Crippen molar-refractivity contribution in [3.8, 4) is 0 Å². The maximum atomic E-state index is 13.6. The molecule has 0 saturated carbocycles. The molecule has 1 aromatic rings. The first-order valence-corrected chi connectivity index (χ1v) is 6.43. The number of halogens is 2. The van der Waals surface area contributed by atoms with Gasteiger partial charge in [0.05, 0.1) is 18.8 Å². The minimum absolute atomic E-state index is 0.205. The van der Waals surface area contributed by atoms with Crippen LogP contribution in [0, 0.1) is 5.82 Å². The zero-order chi connectivity index (χ0) is 13.7. The molecular formula is C12H14BrFO4. The number of rotatable bonds is 5. The third kappa shape index (κ3) is 3.51. The van der Waals surface area contributed by atoms with Gasteiger partial charge in [0.25, 0.3) is 0 Å². The van der Waals surface area contributed by atoms with Crippen molar-refractivity contribution >= 4 is 21.9 Å². The van der Waals surface area contributed by atoms with Gasteiger partial charge in [0.2, 0.25) is 0 Å². The summed E-state index contributed by atoms with van der Waals surface area (Å²) < 4.78 is 18.0. The fraction of sp³-hybridized carbons (Fsp3) is 0.417. The highest BCUT2D eigenvalue weighted by Gasteiger charge is 2.20. The van der Waals surface area contributed by atoms with E-state index in [0.717, 1.165) is 13.2 Å². The number of aliphatic hydroxyl groups excluding tert-OH is 2. The highest BCUT2D eigenvalue weighted by molar-refractivity contribution is 9.09. The second kappa shape index (κ2) is 6.82. The zero-order valence-corrected chi connectivity index (χ0v) is 11.4. The van der Waals surface area contributed by atoms with E-state index in [4.69, 9.17) is 0 Å². The van der Waals surface area contributed by atoms with Crippen LogP contribution in [0.15, 0.2) is 18.2 Å². The topological polar surface area (TPSA) is 66.8 Å². The molecule has 2 atom stereocenters. The van der Waals surface area contributed by atoms with Crippen molar-refractivity contribution in [2.45, 2.75) is 18.6 Å². The van der Waals surface area contributed by atoms with Crippen molar-refractivity contribution in [2.75, 3.05) is 12.4 Å². The maximum Gasteiger partial charge on any atom is 0.340 e. The van der Waals surface area contributed by atoms with Gasteiger partial charge in [-0.2, -0.15) is 0 Å². The van der Waals surface area contributed by atoms with Crippen molar-refractivity contribution in [1.29, 1.82) is 0 Å². The number of aliphatic hydroxyl groups is 2. The molecule has 100 valence electrons. The monoisotopic (exact) mass is 320 g/mol. The molecule has 4 nitrogen and oxygen atoms in total. The zero-order valence-electron chi connectivity index (χ0n) is 9.77. The van der Waals surface area contributed by atoms with E-state index in [0.29, 0.717) is 11.8 Å². The van der Waals surface area contributed by atoms with Gasteiger partial charge in [0.1, 0.15) is 11.9 Å². The van der Waals surface area contributed by atoms with Gasteiger partial charge in [-0.05, 0) is 24.1 Å². The van der Waals surface area contributed by atoms with E-state index in [1.54, 1.807) is 0 Å². The predicted molar refractivity (Wildman–Crippen MR) is 67.1 cm³/mol. The maximum absolute atomic E-state index is 13.6. The van der Waals surface area contributed by atoms with Crippen LogP contribution in [0.3, 0.4) is 0 Å². The first-order chi connectivity index (χ1) is 8.51. The Labute approximate surface area is 113 Å². The number of hydrogen-bond donors (Lipinski definition) is 2. The quantitative estimate of drug-likeness (QED) is 0.641. The van der Waals surface area contributed by atoms with Gasteiger partial charge in [-0.3, -0.25) is 0 Å². The minimum atomic E-state index is -1.19. The molecule has 0 fully saturated rings. The molecule has 0 heterocycles. The Hall–Kier alpha value is -0.980. The average molecular weight is 321 g/mol. The van der Waals surface area contributed by atoms with Crippen LogP contribution in [0.4, 0.5) is 4.39 Å². The average Bonchev–Trinajstić information content (AvgIpc) is 2.37. The van der Waals surface area contributed by atoms with Gasteiger partial charge in [-0.25, -0.2) is 9.18 Å². The van der Waals surface area contributed by atoms with E-state index in [2.05, 4.69) is 20.7 Å². The van der Waals surface area contributed by atoms with Crippen molar-refractivity contribution in [2.24, 2.45) is 0 Å². The lowest BCUT2D eigenvalue weighted by molar-refractivity contribution is 0.0172. The lowest BCUT2D eigenvalue weighted by Crippen LogP contribution is -2.19. The first-order valence-electron chi connectivity index (χ1n) is 5.31. The molecule has 0 saturated heterocycles. The number of methoxy groups -OCH3 is 1. The number of esters is 1. The standard InChI is InChI=1S/C12H14BrFO4/c1-18-12(17)8-3-2-7(6-9(8)14)11(16)10(15)4-5-13/h2-3,6,10-11,15-16H,4-5H2,1H3. The summed E-state index contributed by atoms with van der Waals surface area (Å²) >= 11 is 3.14. The Kier molecular flexibility index (Phi) is 5.71. The molecule has 6 heteroatoms. The number of benzene rings is 1. The number of hydrogen-bond acceptors (Lipinski definition) is 4. The van der Waals surface area contributed by atoms with Crippen molar-refractivity contribution in [3.63, 3.8) is 0 Å². The highest BCUT2D eigenvalue weighted by Crippen LogP contribution is 2.22. The third-order valence-corrected chi connectivity index (χ3v) is 2.97. The SMILES string of the molecule is COC(=O)c1ccc(C(O)C(O)CCBr)cc1F. The molecule has 2 unspecified atom stereocenters. The molecule has 0 aromatic heterocycles. The van der Waals surface area contributed by atoms with E-state index in [1.165, 1.54) is 12.1 Å². The molecule has 0 aliphatic heterocycles. The fourth-order valence-corrected chi connectivity index (χ4v) is 1.95. The van der Waals surface area contributed by atoms with Crippen LogP contribution in [-0.2, 0) is 4.74 Å². The van der Waals surface area contributed by atoms with Crippen LogP contribution < -0.4 is 0 Å². The first kappa shape index (κ1) is 15.1. The third-order valence-electron chi connectivity index (χ3n) is 2.51. The van der Waals surface area contributed by atoms with Crippen molar-refractivity contribution < 1.29 is 24.1 Å². The Balaban J connectivity index is 2.93. The van der Waals surface area contributed by atoms with Crippen LogP contribution >= 0.6 is 15.9 Å². The van der Waals surface area contributed by atoms with E-state index < -0.39 is 24.0 Å². The van der Waals surface area contributed by atoms with Gasteiger partial charge in [0, 0.05) is 5.33 Å². The Morgan fingerprint density at radius 3 is 2.67 bits per heavy atom. The number of carbonyl (C=O) groups excluding carboxylic acids is 1. The molecule has 18 heavy (non-hydrogen) atoms. The normalized spacial score (nSPS) is 14.1. The molecule has 0 aliphatic carbocycles. The van der Waals surface area contributed by atoms with E-state index in [1.807, 2.05) is 0 Å². The Morgan fingerprint density at radius 1 is 1.50 bits per heavy atom. The number of carbonyl (C=O) groups is 1. The van der Waals surface area contributed by atoms with Gasteiger partial charge in [-0.1, -0.05) is 22.0 Å². The number of ether oxygens (including phenoxy) is 1. The molecular weight excluding hydrogens is 307 g/mol. The van der Waals surface area contributed by atoms with Crippen molar-refractivity contribution in [3.05, 3.63) is 35.1 Å². The summed E-state index contributed by atoms with van der Waals surface area (Å²) in [6.07, 6.45) is -1.85. The summed E-state index contributed by atoms with van der Waals surface area (Å²) in [4.78, 5) is 11.2. The largest absolute Gasteiger partial charge is 0.465 e. The van der Waals surface area contributed by atoms with Gasteiger partial charge < -0.3 is 14.9 Å². The minimum Gasteiger partial charge on any atom is -0.465 e. The summed E-state index contributed by atoms with van der Waals surface area (Å²) in [6, 6.07) is 3.63. The molecule has 0 aliphatic rings. The molecule has 1 aromatic carbocycles. The molecule has 0 radical (unpaired) electrons. The van der Waals surface area contributed by atoms with Crippen LogP contribution in [0.25, 0.3) is 0 Å². The summed E-state index contributed by atoms with van der Waals surface area (Å²) in [6.45, 7) is 0. The second-order valence-electron chi connectivity index (χ2n) is 3.72. The lowest BCUT2D eigenvalue weighted by atomic mass is 10.0. The van der Waals surface area contributed by atoms with E-state index in [9.17, 15) is 19.4 Å². The smallest absolute Gasteiger partial charge is 0.340 e. The summed E-state index contributed by atoms with van der Waals surface area (Å²) in [7, 11) is 1.16. The lowest BCUT2D eigenvalue weighted by Gasteiger charge is -2.17. The highest BCUT2D eigenvalue weighted by atomic mass is 79.9. The van der Waals surface area contributed by atoms with Crippen LogP contribution in [0.1, 0.15) is 28.4 Å². The second-order valence-corrected chi connectivity index (χ2v) is 4.51. The Bertz CT molecular complexity index is 425.